The molecule has 0 aliphatic heterocycles. The van der Waals surface area contributed by atoms with Crippen molar-refractivity contribution in [3.8, 4) is 10.6 Å². The van der Waals surface area contributed by atoms with Gasteiger partial charge in [0.05, 0.1) is 12.1 Å². The van der Waals surface area contributed by atoms with Gasteiger partial charge >= 0.3 is 0 Å². The van der Waals surface area contributed by atoms with E-state index in [1.807, 2.05) is 41.8 Å². The summed E-state index contributed by atoms with van der Waals surface area (Å²) in [5.41, 5.74) is 10.7. The Morgan fingerprint density at radius 1 is 1.20 bits per heavy atom. The number of nitrogen functional groups attached to an aromatic ring is 1. The second-order valence-corrected chi connectivity index (χ2v) is 6.89. The van der Waals surface area contributed by atoms with Crippen LogP contribution in [0, 0.1) is 6.92 Å². The maximum absolute atomic E-state index is 12.1. The molecule has 5 heteroatoms. The molecule has 0 atom stereocenters. The minimum atomic E-state index is -0.00321. The summed E-state index contributed by atoms with van der Waals surface area (Å²) >= 11 is 1.57. The van der Waals surface area contributed by atoms with Gasteiger partial charge in [-0.15, -0.1) is 11.3 Å². The first-order valence-electron chi connectivity index (χ1n) is 8.23. The highest BCUT2D eigenvalue weighted by atomic mass is 32.1. The Kier molecular flexibility index (Phi) is 5.46. The number of benzene rings is 2. The lowest BCUT2D eigenvalue weighted by Crippen LogP contribution is -2.27. The van der Waals surface area contributed by atoms with Crippen LogP contribution in [0.15, 0.2) is 53.9 Å². The number of nitrogens with zero attached hydrogens (tertiary/aromatic N) is 1. The van der Waals surface area contributed by atoms with E-state index in [1.165, 1.54) is 5.56 Å². The van der Waals surface area contributed by atoms with Crippen LogP contribution in [0.4, 0.5) is 5.69 Å². The number of aromatic nitrogens is 1. The standard InChI is InChI=1S/C20H21N3OS/c1-14-3-2-4-16(11-14)20-23-18(13-25-20)12-19(24)22-10-9-15-5-7-17(21)8-6-15/h2-8,11,13H,9-10,12,21H2,1H3,(H,22,24). The molecule has 0 aliphatic carbocycles. The van der Waals surface area contributed by atoms with Gasteiger partial charge in [-0.05, 0) is 37.1 Å². The predicted octanol–water partition coefficient (Wildman–Crippen LogP) is 3.60. The summed E-state index contributed by atoms with van der Waals surface area (Å²) in [4.78, 5) is 16.7. The number of carbonyl (C=O) groups excluding carboxylic acids is 1. The number of nitrogens with one attached hydrogen (secondary N) is 1. The van der Waals surface area contributed by atoms with Crippen molar-refractivity contribution in [3.63, 3.8) is 0 Å². The van der Waals surface area contributed by atoms with Crippen molar-refractivity contribution in [3.05, 3.63) is 70.7 Å². The molecule has 3 rings (SSSR count). The van der Waals surface area contributed by atoms with Crippen molar-refractivity contribution >= 4 is 22.9 Å². The number of amides is 1. The molecule has 1 heterocycles. The minimum absolute atomic E-state index is 0.00321. The summed E-state index contributed by atoms with van der Waals surface area (Å²) in [5, 5.41) is 5.85. The molecule has 0 saturated carbocycles. The van der Waals surface area contributed by atoms with Crippen LogP contribution in [0.5, 0.6) is 0 Å². The van der Waals surface area contributed by atoms with Gasteiger partial charge < -0.3 is 11.1 Å². The first-order valence-corrected chi connectivity index (χ1v) is 9.11. The van der Waals surface area contributed by atoms with Gasteiger partial charge in [-0.25, -0.2) is 4.98 Å². The molecule has 2 aromatic carbocycles. The zero-order valence-corrected chi connectivity index (χ0v) is 15.0. The van der Waals surface area contributed by atoms with Gasteiger partial charge in [0.2, 0.25) is 5.91 Å². The Labute approximate surface area is 151 Å². The van der Waals surface area contributed by atoms with Crippen molar-refractivity contribution < 1.29 is 4.79 Å². The lowest BCUT2D eigenvalue weighted by atomic mass is 10.1. The average molecular weight is 351 g/mol. The van der Waals surface area contributed by atoms with Gasteiger partial charge in [-0.3, -0.25) is 4.79 Å². The van der Waals surface area contributed by atoms with Crippen LogP contribution in [-0.4, -0.2) is 17.4 Å². The predicted molar refractivity (Wildman–Crippen MR) is 104 cm³/mol. The summed E-state index contributed by atoms with van der Waals surface area (Å²) in [5.74, 6) is -0.00321. The van der Waals surface area contributed by atoms with E-state index >= 15 is 0 Å². The fourth-order valence-electron chi connectivity index (χ4n) is 2.56. The van der Waals surface area contributed by atoms with E-state index in [2.05, 4.69) is 29.4 Å². The third-order valence-corrected chi connectivity index (χ3v) is 4.81. The van der Waals surface area contributed by atoms with Crippen LogP contribution < -0.4 is 11.1 Å². The summed E-state index contributed by atoms with van der Waals surface area (Å²) in [6.07, 6.45) is 1.10. The monoisotopic (exact) mass is 351 g/mol. The highest BCUT2D eigenvalue weighted by molar-refractivity contribution is 7.13. The number of anilines is 1. The van der Waals surface area contributed by atoms with E-state index in [1.54, 1.807) is 11.3 Å². The van der Waals surface area contributed by atoms with Gasteiger partial charge in [-0.2, -0.15) is 0 Å². The highest BCUT2D eigenvalue weighted by Gasteiger charge is 2.09. The van der Waals surface area contributed by atoms with Crippen LogP contribution in [0.2, 0.25) is 0 Å². The zero-order chi connectivity index (χ0) is 17.6. The van der Waals surface area contributed by atoms with Crippen LogP contribution in [-0.2, 0) is 17.6 Å². The fraction of sp³-hybridized carbons (Fsp3) is 0.200. The molecule has 0 unspecified atom stereocenters. The Bertz CT molecular complexity index is 855. The number of hydrogen-bond acceptors (Lipinski definition) is 4. The van der Waals surface area contributed by atoms with Crippen LogP contribution >= 0.6 is 11.3 Å². The SMILES string of the molecule is Cc1cccc(-c2nc(CC(=O)NCCc3ccc(N)cc3)cs2)c1. The second-order valence-electron chi connectivity index (χ2n) is 6.03. The van der Waals surface area contributed by atoms with Crippen LogP contribution in [0.25, 0.3) is 10.6 Å². The highest BCUT2D eigenvalue weighted by Crippen LogP contribution is 2.24. The Balaban J connectivity index is 1.50. The summed E-state index contributed by atoms with van der Waals surface area (Å²) < 4.78 is 0. The number of carbonyl (C=O) groups is 1. The maximum Gasteiger partial charge on any atom is 0.226 e. The molecule has 0 radical (unpaired) electrons. The second kappa shape index (κ2) is 7.94. The zero-order valence-electron chi connectivity index (χ0n) is 14.2. The molecule has 128 valence electrons. The van der Waals surface area contributed by atoms with Gasteiger partial charge in [0.25, 0.3) is 0 Å². The third kappa shape index (κ3) is 4.90. The average Bonchev–Trinajstić information content (AvgIpc) is 3.05. The molecule has 0 fully saturated rings. The summed E-state index contributed by atoms with van der Waals surface area (Å²) in [6, 6.07) is 15.9. The third-order valence-electron chi connectivity index (χ3n) is 3.87. The van der Waals surface area contributed by atoms with Gasteiger partial charge in [0.15, 0.2) is 0 Å². The lowest BCUT2D eigenvalue weighted by Gasteiger charge is -2.05. The Hall–Kier alpha value is -2.66. The molecule has 0 spiro atoms. The first-order chi connectivity index (χ1) is 12.1. The summed E-state index contributed by atoms with van der Waals surface area (Å²) in [7, 11) is 0. The molecule has 0 bridgehead atoms. The van der Waals surface area contributed by atoms with E-state index in [0.29, 0.717) is 13.0 Å². The van der Waals surface area contributed by atoms with Crippen molar-refractivity contribution in [2.45, 2.75) is 19.8 Å². The molecular weight excluding hydrogens is 330 g/mol. The number of aryl methyl sites for hydroxylation is 1. The van der Waals surface area contributed by atoms with Crippen molar-refractivity contribution in [1.82, 2.24) is 10.3 Å². The molecule has 3 aromatic rings. The molecule has 0 saturated heterocycles. The Morgan fingerprint density at radius 2 is 2.00 bits per heavy atom. The van der Waals surface area contributed by atoms with Gasteiger partial charge in [0, 0.05) is 23.2 Å². The topological polar surface area (TPSA) is 68.0 Å². The first kappa shape index (κ1) is 17.2. The largest absolute Gasteiger partial charge is 0.399 e. The molecule has 1 amide bonds. The molecule has 1 aromatic heterocycles. The molecular formula is C20H21N3OS. The van der Waals surface area contributed by atoms with Crippen molar-refractivity contribution in [2.24, 2.45) is 0 Å². The number of nitrogens with two attached hydrogens (primary N) is 1. The molecule has 25 heavy (non-hydrogen) atoms. The lowest BCUT2D eigenvalue weighted by molar-refractivity contribution is -0.120. The van der Waals surface area contributed by atoms with Gasteiger partial charge in [0.1, 0.15) is 5.01 Å². The molecule has 4 nitrogen and oxygen atoms in total. The maximum atomic E-state index is 12.1. The molecule has 0 aliphatic rings. The number of hydrogen-bond donors (Lipinski definition) is 2. The number of rotatable bonds is 6. The van der Waals surface area contributed by atoms with Gasteiger partial charge in [-0.1, -0.05) is 35.9 Å². The quantitative estimate of drug-likeness (QED) is 0.667. The minimum Gasteiger partial charge on any atom is -0.399 e. The van der Waals surface area contributed by atoms with Crippen molar-refractivity contribution in [2.75, 3.05) is 12.3 Å². The fourth-order valence-corrected chi connectivity index (χ4v) is 3.37. The van der Waals surface area contributed by atoms with E-state index in [0.717, 1.165) is 33.9 Å². The normalized spacial score (nSPS) is 10.6. The van der Waals surface area contributed by atoms with Crippen LogP contribution in [0.3, 0.4) is 0 Å². The number of thiazole rings is 1. The summed E-state index contributed by atoms with van der Waals surface area (Å²) in [6.45, 7) is 2.67. The van der Waals surface area contributed by atoms with Crippen LogP contribution in [0.1, 0.15) is 16.8 Å². The van der Waals surface area contributed by atoms with E-state index in [9.17, 15) is 4.79 Å². The van der Waals surface area contributed by atoms with E-state index in [-0.39, 0.29) is 5.91 Å². The van der Waals surface area contributed by atoms with Crippen molar-refractivity contribution in [1.29, 1.82) is 0 Å². The smallest absolute Gasteiger partial charge is 0.226 e. The molecule has 3 N–H and O–H groups in total. The van der Waals surface area contributed by atoms with E-state index in [4.69, 9.17) is 5.73 Å². The Morgan fingerprint density at radius 3 is 2.76 bits per heavy atom. The van der Waals surface area contributed by atoms with E-state index < -0.39 is 0 Å².